The Hall–Kier alpha value is -2.30. The molecule has 0 unspecified atom stereocenters. The normalized spacial score (nSPS) is 13.5. The molecule has 1 aromatic carbocycles. The van der Waals surface area contributed by atoms with Gasteiger partial charge in [0.05, 0.1) is 5.69 Å². The highest BCUT2D eigenvalue weighted by Crippen LogP contribution is 2.23. The number of aryl methyl sites for hydroxylation is 2. The third kappa shape index (κ3) is 3.45. The first-order chi connectivity index (χ1) is 11.6. The number of rotatable bonds is 5. The maximum Gasteiger partial charge on any atom is 0.269 e. The van der Waals surface area contributed by atoms with Gasteiger partial charge in [-0.1, -0.05) is 12.1 Å². The van der Waals surface area contributed by atoms with E-state index in [2.05, 4.69) is 39.6 Å². The van der Waals surface area contributed by atoms with Crippen LogP contribution in [0, 0.1) is 0 Å². The van der Waals surface area contributed by atoms with Crippen LogP contribution in [0.2, 0.25) is 0 Å². The van der Waals surface area contributed by atoms with Crippen molar-refractivity contribution in [2.24, 2.45) is 7.05 Å². The fraction of sp³-hybridized carbons (Fsp3) is 0.474. The second-order valence-electron chi connectivity index (χ2n) is 6.67. The number of carbonyl (C=O) groups excluding carboxylic acids is 1. The van der Waals surface area contributed by atoms with Crippen molar-refractivity contribution in [2.75, 3.05) is 25.5 Å². The van der Waals surface area contributed by atoms with E-state index in [1.54, 1.807) is 4.68 Å². The van der Waals surface area contributed by atoms with Crippen molar-refractivity contribution in [3.8, 4) is 0 Å². The van der Waals surface area contributed by atoms with E-state index in [9.17, 15) is 4.79 Å². The lowest BCUT2D eigenvalue weighted by molar-refractivity contribution is 0.0943. The topological polar surface area (TPSA) is 50.2 Å². The molecule has 0 bridgehead atoms. The summed E-state index contributed by atoms with van der Waals surface area (Å²) in [5.74, 6) is -0.00179. The number of amides is 1. The summed E-state index contributed by atoms with van der Waals surface area (Å²) in [4.78, 5) is 14.6. The number of nitrogens with zero attached hydrogens (tertiary/aromatic N) is 3. The predicted molar refractivity (Wildman–Crippen MR) is 96.7 cm³/mol. The number of aromatic nitrogens is 2. The average Bonchev–Trinajstić information content (AvgIpc) is 2.91. The Balaban J connectivity index is 1.59. The Bertz CT molecular complexity index is 716. The van der Waals surface area contributed by atoms with Gasteiger partial charge in [-0.2, -0.15) is 5.10 Å². The summed E-state index contributed by atoms with van der Waals surface area (Å²) in [6.45, 7) is 0.639. The summed E-state index contributed by atoms with van der Waals surface area (Å²) in [7, 11) is 5.93. The fourth-order valence-corrected chi connectivity index (χ4v) is 3.33. The fourth-order valence-electron chi connectivity index (χ4n) is 3.33. The summed E-state index contributed by atoms with van der Waals surface area (Å²) in [5.41, 5.74) is 5.41. The van der Waals surface area contributed by atoms with Gasteiger partial charge < -0.3 is 10.2 Å². The summed E-state index contributed by atoms with van der Waals surface area (Å²) >= 11 is 0. The molecule has 24 heavy (non-hydrogen) atoms. The number of hydrogen-bond donors (Lipinski definition) is 1. The average molecular weight is 326 g/mol. The lowest BCUT2D eigenvalue weighted by Gasteiger charge is -2.13. The molecule has 0 fully saturated rings. The summed E-state index contributed by atoms with van der Waals surface area (Å²) in [5, 5.41) is 7.57. The molecule has 1 aromatic heterocycles. The Labute approximate surface area is 143 Å². The van der Waals surface area contributed by atoms with Crippen LogP contribution in [0.25, 0.3) is 0 Å². The van der Waals surface area contributed by atoms with Crippen LogP contribution in [0.4, 0.5) is 5.69 Å². The number of nitrogens with one attached hydrogen (secondary N) is 1. The molecule has 0 spiro atoms. The van der Waals surface area contributed by atoms with Crippen molar-refractivity contribution in [3.05, 3.63) is 46.8 Å². The Morgan fingerprint density at radius 2 is 1.92 bits per heavy atom. The molecule has 3 rings (SSSR count). The number of benzene rings is 1. The third-order valence-corrected chi connectivity index (χ3v) is 4.69. The minimum absolute atomic E-state index is 0.00179. The lowest BCUT2D eigenvalue weighted by atomic mass is 9.95. The molecular weight excluding hydrogens is 300 g/mol. The van der Waals surface area contributed by atoms with Crippen molar-refractivity contribution >= 4 is 11.6 Å². The zero-order valence-electron chi connectivity index (χ0n) is 14.8. The van der Waals surface area contributed by atoms with Crippen LogP contribution in [0.1, 0.15) is 40.2 Å². The number of hydrogen-bond acceptors (Lipinski definition) is 3. The molecule has 0 saturated heterocycles. The van der Waals surface area contributed by atoms with E-state index in [1.165, 1.54) is 17.7 Å². The van der Waals surface area contributed by atoms with Crippen molar-refractivity contribution in [1.82, 2.24) is 15.1 Å². The standard InChI is InChI=1S/C19H26N4O/c1-22(2)15-10-8-14(9-11-15)12-13-20-19(24)18-16-6-4-5-7-17(16)21-23(18)3/h8-11H,4-7,12-13H2,1-3H3,(H,20,24). The SMILES string of the molecule is CN(C)c1ccc(CCNC(=O)c2c3c(nn2C)CCCC3)cc1. The van der Waals surface area contributed by atoms with Crippen LogP contribution >= 0.6 is 0 Å². The van der Waals surface area contributed by atoms with Gasteiger partial charge in [-0.15, -0.1) is 0 Å². The van der Waals surface area contributed by atoms with E-state index in [4.69, 9.17) is 0 Å². The number of anilines is 1. The maximum absolute atomic E-state index is 12.6. The molecule has 1 aliphatic carbocycles. The van der Waals surface area contributed by atoms with Crippen LogP contribution in [-0.4, -0.2) is 36.3 Å². The molecule has 0 atom stereocenters. The highest BCUT2D eigenvalue weighted by Gasteiger charge is 2.23. The van der Waals surface area contributed by atoms with Crippen LogP contribution in [-0.2, 0) is 26.3 Å². The number of carbonyl (C=O) groups is 1. The summed E-state index contributed by atoms with van der Waals surface area (Å²) in [6, 6.07) is 8.45. The molecular formula is C19H26N4O. The van der Waals surface area contributed by atoms with Gasteiger partial charge in [-0.25, -0.2) is 0 Å². The summed E-state index contributed by atoms with van der Waals surface area (Å²) < 4.78 is 1.75. The monoisotopic (exact) mass is 326 g/mol. The zero-order chi connectivity index (χ0) is 17.1. The Morgan fingerprint density at radius 1 is 1.21 bits per heavy atom. The molecule has 0 radical (unpaired) electrons. The quantitative estimate of drug-likeness (QED) is 0.917. The first-order valence-corrected chi connectivity index (χ1v) is 8.65. The van der Waals surface area contributed by atoms with Crippen LogP contribution < -0.4 is 10.2 Å². The Morgan fingerprint density at radius 3 is 2.62 bits per heavy atom. The van der Waals surface area contributed by atoms with Gasteiger partial charge in [0.1, 0.15) is 5.69 Å². The molecule has 1 N–H and O–H groups in total. The molecule has 128 valence electrons. The van der Waals surface area contributed by atoms with E-state index in [-0.39, 0.29) is 5.91 Å². The van der Waals surface area contributed by atoms with Gasteiger partial charge in [0.25, 0.3) is 5.91 Å². The molecule has 2 aromatic rings. The molecule has 1 heterocycles. The van der Waals surface area contributed by atoms with Gasteiger partial charge in [0.15, 0.2) is 0 Å². The van der Waals surface area contributed by atoms with E-state index in [1.807, 2.05) is 21.1 Å². The smallest absolute Gasteiger partial charge is 0.269 e. The van der Waals surface area contributed by atoms with Crippen molar-refractivity contribution in [3.63, 3.8) is 0 Å². The minimum atomic E-state index is -0.00179. The van der Waals surface area contributed by atoms with Gasteiger partial charge in [0.2, 0.25) is 0 Å². The molecule has 5 heteroatoms. The van der Waals surface area contributed by atoms with Gasteiger partial charge in [-0.3, -0.25) is 9.48 Å². The van der Waals surface area contributed by atoms with E-state index in [0.717, 1.165) is 42.6 Å². The van der Waals surface area contributed by atoms with Gasteiger partial charge >= 0.3 is 0 Å². The second-order valence-corrected chi connectivity index (χ2v) is 6.67. The van der Waals surface area contributed by atoms with Crippen LogP contribution in [0.3, 0.4) is 0 Å². The van der Waals surface area contributed by atoms with Crippen LogP contribution in [0.15, 0.2) is 24.3 Å². The zero-order valence-corrected chi connectivity index (χ0v) is 14.8. The van der Waals surface area contributed by atoms with Crippen molar-refractivity contribution in [2.45, 2.75) is 32.1 Å². The first-order valence-electron chi connectivity index (χ1n) is 8.65. The van der Waals surface area contributed by atoms with Crippen molar-refractivity contribution in [1.29, 1.82) is 0 Å². The molecule has 5 nitrogen and oxygen atoms in total. The molecule has 1 aliphatic rings. The summed E-state index contributed by atoms with van der Waals surface area (Å²) in [6.07, 6.45) is 5.12. The molecule has 0 saturated carbocycles. The Kier molecular flexibility index (Phi) is 4.88. The lowest BCUT2D eigenvalue weighted by Crippen LogP contribution is -2.28. The molecule has 0 aliphatic heterocycles. The largest absolute Gasteiger partial charge is 0.378 e. The van der Waals surface area contributed by atoms with Crippen molar-refractivity contribution < 1.29 is 4.79 Å². The second kappa shape index (κ2) is 7.07. The van der Waals surface area contributed by atoms with E-state index >= 15 is 0 Å². The molecule has 1 amide bonds. The number of fused-ring (bicyclic) bond motifs is 1. The van der Waals surface area contributed by atoms with Crippen LogP contribution in [0.5, 0.6) is 0 Å². The highest BCUT2D eigenvalue weighted by molar-refractivity contribution is 5.94. The highest BCUT2D eigenvalue weighted by atomic mass is 16.2. The van der Waals surface area contributed by atoms with E-state index < -0.39 is 0 Å². The van der Waals surface area contributed by atoms with Gasteiger partial charge in [0, 0.05) is 38.9 Å². The minimum Gasteiger partial charge on any atom is -0.378 e. The van der Waals surface area contributed by atoms with Gasteiger partial charge in [-0.05, 0) is 49.8 Å². The van der Waals surface area contributed by atoms with E-state index in [0.29, 0.717) is 6.54 Å². The third-order valence-electron chi connectivity index (χ3n) is 4.69. The predicted octanol–water partition coefficient (Wildman–Crippen LogP) is 2.34. The maximum atomic E-state index is 12.6. The first kappa shape index (κ1) is 16.6.